The van der Waals surface area contributed by atoms with E-state index in [0.717, 1.165) is 0 Å². The van der Waals surface area contributed by atoms with Crippen LogP contribution in [0.25, 0.3) is 0 Å². The maximum Gasteiger partial charge on any atom is 0.391 e. The first-order chi connectivity index (χ1) is 8.80. The van der Waals surface area contributed by atoms with Crippen molar-refractivity contribution in [2.75, 3.05) is 5.73 Å². The Morgan fingerprint density at radius 1 is 1.37 bits per heavy atom. The zero-order valence-corrected chi connectivity index (χ0v) is 10.5. The van der Waals surface area contributed by atoms with Crippen LogP contribution in [0.15, 0.2) is 18.3 Å². The maximum absolute atomic E-state index is 12.6. The lowest BCUT2D eigenvalue weighted by Crippen LogP contribution is -2.40. The summed E-state index contributed by atoms with van der Waals surface area (Å²) < 4.78 is 37.7. The van der Waals surface area contributed by atoms with E-state index in [4.69, 9.17) is 5.73 Å². The second-order valence-electron chi connectivity index (χ2n) is 5.26. The van der Waals surface area contributed by atoms with Gasteiger partial charge < -0.3 is 10.8 Å². The van der Waals surface area contributed by atoms with E-state index < -0.39 is 17.7 Å². The first kappa shape index (κ1) is 14.1. The highest BCUT2D eigenvalue weighted by Crippen LogP contribution is 2.42. The van der Waals surface area contributed by atoms with Crippen LogP contribution in [0, 0.1) is 5.92 Å². The van der Waals surface area contributed by atoms with Crippen LogP contribution >= 0.6 is 0 Å². The lowest BCUT2D eigenvalue weighted by molar-refractivity contribution is -0.192. The summed E-state index contributed by atoms with van der Waals surface area (Å²) in [4.78, 5) is 3.92. The maximum atomic E-state index is 12.6. The van der Waals surface area contributed by atoms with Gasteiger partial charge in [-0.2, -0.15) is 13.2 Å². The lowest BCUT2D eigenvalue weighted by atomic mass is 9.75. The summed E-state index contributed by atoms with van der Waals surface area (Å²) in [5.41, 5.74) is 5.28. The molecule has 0 amide bonds. The van der Waals surface area contributed by atoms with Crippen molar-refractivity contribution in [3.63, 3.8) is 0 Å². The third-order valence-electron chi connectivity index (χ3n) is 3.82. The number of hydrogen-bond acceptors (Lipinski definition) is 3. The molecule has 2 rings (SSSR count). The van der Waals surface area contributed by atoms with Crippen molar-refractivity contribution in [1.82, 2.24) is 4.98 Å². The van der Waals surface area contributed by atoms with E-state index >= 15 is 0 Å². The Morgan fingerprint density at radius 2 is 2.00 bits per heavy atom. The van der Waals surface area contributed by atoms with Crippen LogP contribution in [0.3, 0.4) is 0 Å². The van der Waals surface area contributed by atoms with E-state index in [1.807, 2.05) is 0 Å². The molecule has 19 heavy (non-hydrogen) atoms. The molecule has 0 saturated heterocycles. The topological polar surface area (TPSA) is 59.1 Å². The van der Waals surface area contributed by atoms with Crippen LogP contribution in [0.4, 0.5) is 19.0 Å². The van der Waals surface area contributed by atoms with Gasteiger partial charge in [0.05, 0.1) is 11.5 Å². The predicted molar refractivity (Wildman–Crippen MR) is 65.3 cm³/mol. The fourth-order valence-corrected chi connectivity index (χ4v) is 2.61. The predicted octanol–water partition coefficient (Wildman–Crippen LogP) is 2.69. The van der Waals surface area contributed by atoms with Gasteiger partial charge in [0.15, 0.2) is 0 Å². The number of pyridine rings is 1. The Labute approximate surface area is 109 Å². The van der Waals surface area contributed by atoms with Crippen LogP contribution in [-0.2, 0) is 6.42 Å². The van der Waals surface area contributed by atoms with E-state index in [2.05, 4.69) is 4.98 Å². The van der Waals surface area contributed by atoms with Gasteiger partial charge in [0.1, 0.15) is 5.82 Å². The first-order valence-electron chi connectivity index (χ1n) is 6.29. The molecule has 1 fully saturated rings. The van der Waals surface area contributed by atoms with Crippen molar-refractivity contribution in [3.8, 4) is 0 Å². The van der Waals surface area contributed by atoms with Crippen molar-refractivity contribution in [2.24, 2.45) is 5.92 Å². The highest BCUT2D eigenvalue weighted by atomic mass is 19.4. The van der Waals surface area contributed by atoms with Gasteiger partial charge in [0.2, 0.25) is 0 Å². The summed E-state index contributed by atoms with van der Waals surface area (Å²) >= 11 is 0. The van der Waals surface area contributed by atoms with Crippen molar-refractivity contribution >= 4 is 5.82 Å². The number of halogens is 3. The van der Waals surface area contributed by atoms with Crippen molar-refractivity contribution < 1.29 is 18.3 Å². The minimum atomic E-state index is -4.16. The summed E-state index contributed by atoms with van der Waals surface area (Å²) in [6.07, 6.45) is -2.12. The van der Waals surface area contributed by atoms with Crippen LogP contribution in [0.2, 0.25) is 0 Å². The number of aliphatic hydroxyl groups is 1. The van der Waals surface area contributed by atoms with Crippen molar-refractivity contribution in [2.45, 2.75) is 43.9 Å². The number of rotatable bonds is 2. The second-order valence-corrected chi connectivity index (χ2v) is 5.26. The molecule has 1 aliphatic carbocycles. The minimum absolute atomic E-state index is 0.0276. The van der Waals surface area contributed by atoms with Gasteiger partial charge in [-0.25, -0.2) is 4.98 Å². The Balaban J connectivity index is 2.01. The Hall–Kier alpha value is -1.30. The minimum Gasteiger partial charge on any atom is -0.390 e. The molecule has 0 bridgehead atoms. The molecule has 0 aromatic carbocycles. The quantitative estimate of drug-likeness (QED) is 0.871. The van der Waals surface area contributed by atoms with Gasteiger partial charge in [-0.05, 0) is 37.3 Å². The fourth-order valence-electron chi connectivity index (χ4n) is 2.61. The molecule has 1 aromatic heterocycles. The van der Waals surface area contributed by atoms with Gasteiger partial charge in [-0.15, -0.1) is 0 Å². The summed E-state index contributed by atoms with van der Waals surface area (Å²) in [5.74, 6) is -0.965. The van der Waals surface area contributed by atoms with Gasteiger partial charge in [0.25, 0.3) is 0 Å². The molecule has 3 nitrogen and oxygen atoms in total. The summed E-state index contributed by atoms with van der Waals surface area (Å²) in [7, 11) is 0. The number of nitrogens with two attached hydrogens (primary N) is 1. The standard InChI is InChI=1S/C13H17F3N2O/c14-13(15,16)10-3-5-12(19,6-4-10)8-9-2-1-7-18-11(9)17/h1-2,7,10,19H,3-6,8H2,(H2,17,18). The number of aromatic nitrogens is 1. The second kappa shape index (κ2) is 5.00. The zero-order chi connectivity index (χ0) is 14.1. The number of anilines is 1. The number of hydrogen-bond donors (Lipinski definition) is 2. The fraction of sp³-hybridized carbons (Fsp3) is 0.615. The molecule has 106 valence electrons. The normalized spacial score (nSPS) is 28.3. The molecule has 1 aliphatic rings. The Bertz CT molecular complexity index is 440. The molecule has 1 aromatic rings. The summed E-state index contributed by atoms with van der Waals surface area (Å²) in [6, 6.07) is 3.45. The first-order valence-corrected chi connectivity index (χ1v) is 6.29. The molecular weight excluding hydrogens is 257 g/mol. The number of nitrogens with zero attached hydrogens (tertiary/aromatic N) is 1. The Morgan fingerprint density at radius 3 is 2.53 bits per heavy atom. The molecule has 6 heteroatoms. The highest BCUT2D eigenvalue weighted by molar-refractivity contribution is 5.39. The third-order valence-corrected chi connectivity index (χ3v) is 3.82. The zero-order valence-electron chi connectivity index (χ0n) is 10.5. The van der Waals surface area contributed by atoms with Gasteiger partial charge >= 0.3 is 6.18 Å². The molecule has 0 aliphatic heterocycles. The van der Waals surface area contributed by atoms with E-state index in [1.165, 1.54) is 0 Å². The smallest absolute Gasteiger partial charge is 0.390 e. The van der Waals surface area contributed by atoms with Crippen LogP contribution in [0.5, 0.6) is 0 Å². The molecule has 1 heterocycles. The van der Waals surface area contributed by atoms with Crippen molar-refractivity contribution in [1.29, 1.82) is 0 Å². The van der Waals surface area contributed by atoms with Crippen molar-refractivity contribution in [3.05, 3.63) is 23.9 Å². The average Bonchev–Trinajstić information content (AvgIpc) is 2.31. The molecule has 0 unspecified atom stereocenters. The van der Waals surface area contributed by atoms with Gasteiger partial charge in [-0.1, -0.05) is 6.07 Å². The van der Waals surface area contributed by atoms with Crippen LogP contribution in [0.1, 0.15) is 31.2 Å². The highest BCUT2D eigenvalue weighted by Gasteiger charge is 2.45. The summed E-state index contributed by atoms with van der Waals surface area (Å²) in [5, 5.41) is 10.4. The van der Waals surface area contributed by atoms with Crippen LogP contribution in [-0.4, -0.2) is 21.9 Å². The molecule has 3 N–H and O–H groups in total. The Kier molecular flexibility index (Phi) is 3.71. The van der Waals surface area contributed by atoms with E-state index in [-0.39, 0.29) is 32.1 Å². The monoisotopic (exact) mass is 274 g/mol. The molecular formula is C13H17F3N2O. The van der Waals surface area contributed by atoms with Crippen LogP contribution < -0.4 is 5.73 Å². The molecule has 0 spiro atoms. The van der Waals surface area contributed by atoms with E-state index in [0.29, 0.717) is 11.4 Å². The van der Waals surface area contributed by atoms with E-state index in [9.17, 15) is 18.3 Å². The van der Waals surface area contributed by atoms with E-state index in [1.54, 1.807) is 18.3 Å². The molecule has 1 saturated carbocycles. The number of alkyl halides is 3. The third kappa shape index (κ3) is 3.37. The number of nitrogen functional groups attached to an aromatic ring is 1. The van der Waals surface area contributed by atoms with Gasteiger partial charge in [-0.3, -0.25) is 0 Å². The SMILES string of the molecule is Nc1ncccc1CC1(O)CCC(C(F)(F)F)CC1. The largest absolute Gasteiger partial charge is 0.391 e. The molecule has 0 radical (unpaired) electrons. The molecule has 0 atom stereocenters. The average molecular weight is 274 g/mol. The lowest BCUT2D eigenvalue weighted by Gasteiger charge is -2.36. The summed E-state index contributed by atoms with van der Waals surface area (Å²) in [6.45, 7) is 0. The van der Waals surface area contributed by atoms with Gasteiger partial charge in [0, 0.05) is 12.6 Å².